The van der Waals surface area contributed by atoms with Crippen molar-refractivity contribution in [2.45, 2.75) is 56.4 Å². The molecule has 2 aliphatic rings. The summed E-state index contributed by atoms with van der Waals surface area (Å²) in [5, 5.41) is 2.68. The Morgan fingerprint density at radius 3 is 2.51 bits per heavy atom. The number of nitrogens with zero attached hydrogens (tertiary/aromatic N) is 3. The smallest absolute Gasteiger partial charge is 0.252 e. The number of benzene rings is 2. The predicted octanol–water partition coefficient (Wildman–Crippen LogP) is 5.53. The van der Waals surface area contributed by atoms with Crippen LogP contribution in [0.25, 0.3) is 0 Å². The molecule has 2 heterocycles. The van der Waals surface area contributed by atoms with Gasteiger partial charge in [0.1, 0.15) is 30.4 Å². The zero-order valence-electron chi connectivity index (χ0n) is 21.6. The first kappa shape index (κ1) is 28.5. The summed E-state index contributed by atoms with van der Waals surface area (Å²) in [5.41, 5.74) is 0.212. The molecule has 1 N–H and O–H groups in total. The summed E-state index contributed by atoms with van der Waals surface area (Å²) in [6, 6.07) is 12.1. The normalized spacial score (nSPS) is 19.0. The second-order valence-corrected chi connectivity index (χ2v) is 10.4. The minimum absolute atomic E-state index is 0.0150. The minimum Gasteiger partial charge on any atom is -0.351 e. The number of alkyl halides is 3. The molecule has 0 unspecified atom stereocenters. The molecule has 214 valence electrons. The molecule has 1 saturated heterocycles. The van der Waals surface area contributed by atoms with Gasteiger partial charge in [-0.2, -0.15) is 0 Å². The van der Waals surface area contributed by atoms with Crippen LogP contribution in [0.2, 0.25) is 5.02 Å². The van der Waals surface area contributed by atoms with Gasteiger partial charge < -0.3 is 5.32 Å². The summed E-state index contributed by atoms with van der Waals surface area (Å²) in [5.74, 6) is -5.56. The lowest BCUT2D eigenvalue weighted by Gasteiger charge is -2.39. The van der Waals surface area contributed by atoms with Crippen molar-refractivity contribution in [3.63, 3.8) is 0 Å². The van der Waals surface area contributed by atoms with Crippen LogP contribution in [-0.2, 0) is 21.1 Å². The van der Waals surface area contributed by atoms with Crippen molar-refractivity contribution in [3.05, 3.63) is 88.8 Å². The number of hydrogen-bond donors (Lipinski definition) is 1. The number of amides is 3. The Kier molecular flexibility index (Phi) is 7.99. The summed E-state index contributed by atoms with van der Waals surface area (Å²) in [6.45, 7) is -0.890. The molecule has 0 bridgehead atoms. The standard InChI is InChI=1S/C29H25ClF4N4O3/c30-22-9-2-1-8-21(22)26(27(40)36-19-14-29(33,34)15-19)37(20-7-3-5-17(32)13-20)28(41)23-11-12-25(39)38(23)24-10-4-6-18(16-31)35-24/h1-10,13,19,23,26H,11-12,14-16H2,(H,36,40)/t23-,26+/m0/s1. The lowest BCUT2D eigenvalue weighted by atomic mass is 9.87. The van der Waals surface area contributed by atoms with E-state index in [1.807, 2.05) is 0 Å². The average molecular weight is 589 g/mol. The number of carbonyl (C=O) groups excluding carboxylic acids is 3. The molecule has 5 rings (SSSR count). The molecule has 1 aliphatic heterocycles. The van der Waals surface area contributed by atoms with Gasteiger partial charge in [-0.05, 0) is 42.8 Å². The van der Waals surface area contributed by atoms with Crippen molar-refractivity contribution in [1.82, 2.24) is 10.3 Å². The molecular formula is C29H25ClF4N4O3. The highest BCUT2D eigenvalue weighted by atomic mass is 35.5. The maximum Gasteiger partial charge on any atom is 0.252 e. The second-order valence-electron chi connectivity index (χ2n) is 10.0. The van der Waals surface area contributed by atoms with Gasteiger partial charge in [0, 0.05) is 41.6 Å². The molecule has 41 heavy (non-hydrogen) atoms. The summed E-state index contributed by atoms with van der Waals surface area (Å²) in [6.07, 6.45) is -1.13. The monoisotopic (exact) mass is 588 g/mol. The molecule has 2 fully saturated rings. The molecule has 7 nitrogen and oxygen atoms in total. The fraction of sp³-hybridized carbons (Fsp3) is 0.310. The maximum atomic E-state index is 14.5. The van der Waals surface area contributed by atoms with E-state index in [0.29, 0.717) is 0 Å². The summed E-state index contributed by atoms with van der Waals surface area (Å²) in [7, 11) is 0. The van der Waals surface area contributed by atoms with Gasteiger partial charge in [0.15, 0.2) is 0 Å². The number of carbonyl (C=O) groups is 3. The average Bonchev–Trinajstić information content (AvgIpc) is 3.32. The van der Waals surface area contributed by atoms with Crippen LogP contribution in [0.5, 0.6) is 0 Å². The molecule has 0 spiro atoms. The summed E-state index contributed by atoms with van der Waals surface area (Å²) >= 11 is 6.48. The maximum absolute atomic E-state index is 14.5. The van der Waals surface area contributed by atoms with Crippen LogP contribution >= 0.6 is 11.6 Å². The largest absolute Gasteiger partial charge is 0.351 e. The van der Waals surface area contributed by atoms with Crippen molar-refractivity contribution in [2.75, 3.05) is 9.80 Å². The Bertz CT molecular complexity index is 1480. The molecule has 2 aromatic carbocycles. The van der Waals surface area contributed by atoms with E-state index in [-0.39, 0.29) is 40.6 Å². The Hall–Kier alpha value is -3.99. The molecule has 12 heteroatoms. The number of anilines is 2. The minimum atomic E-state index is -2.91. The predicted molar refractivity (Wildman–Crippen MR) is 144 cm³/mol. The van der Waals surface area contributed by atoms with E-state index in [0.717, 1.165) is 21.9 Å². The van der Waals surface area contributed by atoms with Crippen molar-refractivity contribution >= 4 is 40.8 Å². The third-order valence-corrected chi connectivity index (χ3v) is 7.48. The van der Waals surface area contributed by atoms with Crippen molar-refractivity contribution < 1.29 is 31.9 Å². The number of halogens is 5. The number of nitrogens with one attached hydrogen (secondary N) is 1. The molecule has 0 radical (unpaired) electrons. The van der Waals surface area contributed by atoms with E-state index in [4.69, 9.17) is 11.6 Å². The number of hydrogen-bond acceptors (Lipinski definition) is 4. The lowest BCUT2D eigenvalue weighted by Crippen LogP contribution is -2.56. The Balaban J connectivity index is 1.60. The van der Waals surface area contributed by atoms with Gasteiger partial charge in [0.05, 0.1) is 5.69 Å². The van der Waals surface area contributed by atoms with Crippen LogP contribution < -0.4 is 15.1 Å². The zero-order chi connectivity index (χ0) is 29.3. The highest BCUT2D eigenvalue weighted by molar-refractivity contribution is 6.31. The highest BCUT2D eigenvalue weighted by Gasteiger charge is 2.48. The van der Waals surface area contributed by atoms with Crippen LogP contribution in [0.3, 0.4) is 0 Å². The topological polar surface area (TPSA) is 82.6 Å². The lowest BCUT2D eigenvalue weighted by molar-refractivity contribution is -0.133. The van der Waals surface area contributed by atoms with Gasteiger partial charge in [-0.1, -0.05) is 41.9 Å². The van der Waals surface area contributed by atoms with Gasteiger partial charge in [-0.15, -0.1) is 0 Å². The van der Waals surface area contributed by atoms with Crippen LogP contribution in [0.4, 0.5) is 29.1 Å². The molecule has 2 atom stereocenters. The van der Waals surface area contributed by atoms with E-state index < -0.39 is 67.1 Å². The first-order valence-corrected chi connectivity index (χ1v) is 13.3. The van der Waals surface area contributed by atoms with Gasteiger partial charge in [0.25, 0.3) is 11.8 Å². The fourth-order valence-electron chi connectivity index (χ4n) is 5.21. The second kappa shape index (κ2) is 11.5. The van der Waals surface area contributed by atoms with E-state index in [1.54, 1.807) is 12.1 Å². The zero-order valence-corrected chi connectivity index (χ0v) is 22.3. The molecule has 3 amide bonds. The van der Waals surface area contributed by atoms with Crippen LogP contribution in [0.15, 0.2) is 66.7 Å². The molecule has 1 aromatic heterocycles. The Labute approximate surface area is 238 Å². The van der Waals surface area contributed by atoms with Gasteiger partial charge in [-0.25, -0.2) is 22.5 Å². The van der Waals surface area contributed by atoms with Crippen LogP contribution in [0.1, 0.15) is 43.0 Å². The SMILES string of the molecule is O=C(NC1CC(F)(F)C1)[C@@H](c1ccccc1Cl)N(C(=O)[C@@H]1CCC(=O)N1c1cccc(CF)n1)c1cccc(F)c1. The first-order valence-electron chi connectivity index (χ1n) is 12.9. The van der Waals surface area contributed by atoms with Crippen molar-refractivity contribution in [1.29, 1.82) is 0 Å². The van der Waals surface area contributed by atoms with Crippen molar-refractivity contribution in [2.24, 2.45) is 0 Å². The fourth-order valence-corrected chi connectivity index (χ4v) is 5.45. The summed E-state index contributed by atoms with van der Waals surface area (Å²) < 4.78 is 55.0. The van der Waals surface area contributed by atoms with E-state index in [1.165, 1.54) is 42.5 Å². The number of rotatable bonds is 8. The van der Waals surface area contributed by atoms with E-state index in [2.05, 4.69) is 10.3 Å². The summed E-state index contributed by atoms with van der Waals surface area (Å²) in [4.78, 5) is 47.5. The van der Waals surface area contributed by atoms with Gasteiger partial charge >= 0.3 is 0 Å². The van der Waals surface area contributed by atoms with Gasteiger partial charge in [0.2, 0.25) is 11.8 Å². The third-order valence-electron chi connectivity index (χ3n) is 7.14. The van der Waals surface area contributed by atoms with Crippen LogP contribution in [-0.4, -0.2) is 40.7 Å². The van der Waals surface area contributed by atoms with E-state index >= 15 is 0 Å². The Morgan fingerprint density at radius 1 is 1.10 bits per heavy atom. The molecule has 1 aliphatic carbocycles. The number of pyridine rings is 1. The molecular weight excluding hydrogens is 564 g/mol. The van der Waals surface area contributed by atoms with E-state index in [9.17, 15) is 31.9 Å². The number of aromatic nitrogens is 1. The van der Waals surface area contributed by atoms with Gasteiger partial charge in [-0.3, -0.25) is 24.2 Å². The quantitative estimate of drug-likeness (QED) is 0.351. The molecule has 3 aromatic rings. The van der Waals surface area contributed by atoms with Crippen LogP contribution in [0, 0.1) is 5.82 Å². The van der Waals surface area contributed by atoms with Crippen molar-refractivity contribution in [3.8, 4) is 0 Å². The molecule has 1 saturated carbocycles. The first-order chi connectivity index (χ1) is 19.6. The Morgan fingerprint density at radius 2 is 1.83 bits per heavy atom. The third kappa shape index (κ3) is 5.90. The highest BCUT2D eigenvalue weighted by Crippen LogP contribution is 2.39.